The number of amides is 1. The SMILES string of the molecule is COc1cccc(CNC(=O)C(SCC(O)c2ccccc2)C(C)C)c1. The average Bonchev–Trinajstić information content (AvgIpc) is 2.67. The predicted octanol–water partition coefficient (Wildman–Crippen LogP) is 3.80. The molecule has 140 valence electrons. The first kappa shape index (κ1) is 20.3. The molecule has 2 aromatic rings. The van der Waals surface area contributed by atoms with Crippen molar-refractivity contribution in [1.82, 2.24) is 5.32 Å². The summed E-state index contributed by atoms with van der Waals surface area (Å²) in [4.78, 5) is 12.6. The lowest BCUT2D eigenvalue weighted by Gasteiger charge is -2.21. The Balaban J connectivity index is 1.90. The zero-order chi connectivity index (χ0) is 18.9. The van der Waals surface area contributed by atoms with Gasteiger partial charge in [-0.2, -0.15) is 0 Å². The van der Waals surface area contributed by atoms with E-state index in [9.17, 15) is 9.90 Å². The number of hydrogen-bond acceptors (Lipinski definition) is 4. The van der Waals surface area contributed by atoms with Gasteiger partial charge in [0.1, 0.15) is 5.75 Å². The maximum atomic E-state index is 12.6. The molecule has 0 spiro atoms. The molecule has 2 atom stereocenters. The van der Waals surface area contributed by atoms with Crippen LogP contribution in [0.5, 0.6) is 5.75 Å². The van der Waals surface area contributed by atoms with E-state index in [1.807, 2.05) is 68.4 Å². The maximum Gasteiger partial charge on any atom is 0.233 e. The van der Waals surface area contributed by atoms with Crippen LogP contribution in [0.2, 0.25) is 0 Å². The van der Waals surface area contributed by atoms with E-state index in [2.05, 4.69) is 5.32 Å². The highest BCUT2D eigenvalue weighted by Crippen LogP contribution is 2.26. The van der Waals surface area contributed by atoms with Crippen LogP contribution in [0.3, 0.4) is 0 Å². The highest BCUT2D eigenvalue weighted by atomic mass is 32.2. The first-order chi connectivity index (χ1) is 12.5. The number of thioether (sulfide) groups is 1. The van der Waals surface area contributed by atoms with Crippen LogP contribution in [0.25, 0.3) is 0 Å². The van der Waals surface area contributed by atoms with Gasteiger partial charge >= 0.3 is 0 Å². The quantitative estimate of drug-likeness (QED) is 0.702. The fraction of sp³-hybridized carbons (Fsp3) is 0.381. The summed E-state index contributed by atoms with van der Waals surface area (Å²) in [5, 5.41) is 13.1. The highest BCUT2D eigenvalue weighted by Gasteiger charge is 2.24. The van der Waals surface area contributed by atoms with Gasteiger partial charge in [0.2, 0.25) is 5.91 Å². The van der Waals surface area contributed by atoms with Crippen molar-refractivity contribution in [2.45, 2.75) is 31.7 Å². The minimum absolute atomic E-state index is 0.00641. The van der Waals surface area contributed by atoms with Crippen molar-refractivity contribution in [1.29, 1.82) is 0 Å². The molecule has 0 aliphatic rings. The van der Waals surface area contributed by atoms with Crippen molar-refractivity contribution >= 4 is 17.7 Å². The molecule has 0 aliphatic heterocycles. The van der Waals surface area contributed by atoms with Crippen LogP contribution < -0.4 is 10.1 Å². The molecular formula is C21H27NO3S. The van der Waals surface area contributed by atoms with Gasteiger partial charge < -0.3 is 15.2 Å². The number of ether oxygens (including phenoxy) is 1. The first-order valence-electron chi connectivity index (χ1n) is 8.76. The number of methoxy groups -OCH3 is 1. The van der Waals surface area contributed by atoms with Gasteiger partial charge in [-0.3, -0.25) is 4.79 Å². The summed E-state index contributed by atoms with van der Waals surface area (Å²) in [7, 11) is 1.63. The topological polar surface area (TPSA) is 58.6 Å². The number of hydrogen-bond donors (Lipinski definition) is 2. The normalized spacial score (nSPS) is 13.3. The van der Waals surface area contributed by atoms with Crippen molar-refractivity contribution in [2.24, 2.45) is 5.92 Å². The number of nitrogens with one attached hydrogen (secondary N) is 1. The fourth-order valence-electron chi connectivity index (χ4n) is 2.61. The van der Waals surface area contributed by atoms with E-state index in [-0.39, 0.29) is 17.1 Å². The van der Waals surface area contributed by atoms with Crippen LogP contribution in [-0.2, 0) is 11.3 Å². The lowest BCUT2D eigenvalue weighted by Crippen LogP contribution is -2.36. The second-order valence-corrected chi connectivity index (χ2v) is 7.67. The molecule has 0 fully saturated rings. The van der Waals surface area contributed by atoms with E-state index < -0.39 is 6.10 Å². The number of carbonyl (C=O) groups is 1. The van der Waals surface area contributed by atoms with Crippen molar-refractivity contribution in [3.05, 3.63) is 65.7 Å². The Morgan fingerprint density at radius 1 is 1.15 bits per heavy atom. The Labute approximate surface area is 160 Å². The molecule has 5 heteroatoms. The molecule has 0 aliphatic carbocycles. The van der Waals surface area contributed by atoms with Crippen LogP contribution in [0, 0.1) is 5.92 Å². The smallest absolute Gasteiger partial charge is 0.233 e. The zero-order valence-corrected chi connectivity index (χ0v) is 16.3. The monoisotopic (exact) mass is 373 g/mol. The van der Waals surface area contributed by atoms with E-state index in [0.717, 1.165) is 16.9 Å². The van der Waals surface area contributed by atoms with E-state index in [0.29, 0.717) is 12.3 Å². The molecule has 0 aromatic heterocycles. The number of aliphatic hydroxyl groups excluding tert-OH is 1. The molecule has 0 bridgehead atoms. The van der Waals surface area contributed by atoms with E-state index in [4.69, 9.17) is 4.74 Å². The third-order valence-electron chi connectivity index (χ3n) is 4.08. The maximum absolute atomic E-state index is 12.6. The summed E-state index contributed by atoms with van der Waals surface area (Å²) < 4.78 is 5.21. The van der Waals surface area contributed by atoms with Crippen molar-refractivity contribution in [3.8, 4) is 5.75 Å². The standard InChI is InChI=1S/C21H27NO3S/c1-15(2)20(26-14-19(23)17-9-5-4-6-10-17)21(24)22-13-16-8-7-11-18(12-16)25-3/h4-12,15,19-20,23H,13-14H2,1-3H3,(H,22,24). The van der Waals surface area contributed by atoms with Crippen molar-refractivity contribution in [2.75, 3.05) is 12.9 Å². The third kappa shape index (κ3) is 6.07. The molecule has 0 heterocycles. The van der Waals surface area contributed by atoms with E-state index in [1.165, 1.54) is 11.8 Å². The summed E-state index contributed by atoms with van der Waals surface area (Å²) in [5.74, 6) is 1.43. The summed E-state index contributed by atoms with van der Waals surface area (Å²) >= 11 is 1.50. The molecule has 26 heavy (non-hydrogen) atoms. The molecular weight excluding hydrogens is 346 g/mol. The number of aliphatic hydroxyl groups is 1. The van der Waals surface area contributed by atoms with Gasteiger partial charge in [0.25, 0.3) is 0 Å². The Bertz CT molecular complexity index is 691. The lowest BCUT2D eigenvalue weighted by molar-refractivity contribution is -0.121. The summed E-state index contributed by atoms with van der Waals surface area (Å²) in [6, 6.07) is 17.2. The molecule has 0 saturated heterocycles. The van der Waals surface area contributed by atoms with E-state index >= 15 is 0 Å². The Kier molecular flexibility index (Phi) is 8.01. The van der Waals surface area contributed by atoms with Gasteiger partial charge in [0, 0.05) is 12.3 Å². The molecule has 2 aromatic carbocycles. The summed E-state index contributed by atoms with van der Waals surface area (Å²) in [5.41, 5.74) is 1.87. The fourth-order valence-corrected chi connectivity index (χ4v) is 3.81. The molecule has 2 N–H and O–H groups in total. The Morgan fingerprint density at radius 3 is 2.54 bits per heavy atom. The molecule has 2 rings (SSSR count). The van der Waals surface area contributed by atoms with Crippen LogP contribution in [0.15, 0.2) is 54.6 Å². The number of carbonyl (C=O) groups excluding carboxylic acids is 1. The van der Waals surface area contributed by atoms with Gasteiger partial charge in [-0.15, -0.1) is 11.8 Å². The average molecular weight is 374 g/mol. The Hall–Kier alpha value is -1.98. The first-order valence-corrected chi connectivity index (χ1v) is 9.81. The molecule has 4 nitrogen and oxygen atoms in total. The molecule has 2 unspecified atom stereocenters. The largest absolute Gasteiger partial charge is 0.497 e. The van der Waals surface area contributed by atoms with Gasteiger partial charge in [-0.05, 0) is 29.2 Å². The minimum atomic E-state index is -0.575. The summed E-state index contributed by atoms with van der Waals surface area (Å²) in [6.07, 6.45) is -0.575. The van der Waals surface area contributed by atoms with Crippen LogP contribution >= 0.6 is 11.8 Å². The zero-order valence-electron chi connectivity index (χ0n) is 15.5. The lowest BCUT2D eigenvalue weighted by atomic mass is 10.1. The molecule has 1 amide bonds. The molecule has 0 radical (unpaired) electrons. The van der Waals surface area contributed by atoms with Crippen molar-refractivity contribution < 1.29 is 14.6 Å². The van der Waals surface area contributed by atoms with E-state index in [1.54, 1.807) is 7.11 Å². The van der Waals surface area contributed by atoms with Gasteiger partial charge in [-0.25, -0.2) is 0 Å². The third-order valence-corrected chi connectivity index (χ3v) is 5.71. The highest BCUT2D eigenvalue weighted by molar-refractivity contribution is 8.00. The predicted molar refractivity (Wildman–Crippen MR) is 107 cm³/mol. The second kappa shape index (κ2) is 10.2. The van der Waals surface area contributed by atoms with Crippen LogP contribution in [0.1, 0.15) is 31.1 Å². The molecule has 0 saturated carbocycles. The number of rotatable bonds is 9. The van der Waals surface area contributed by atoms with Crippen LogP contribution in [-0.4, -0.2) is 29.1 Å². The second-order valence-electron chi connectivity index (χ2n) is 6.49. The Morgan fingerprint density at radius 2 is 1.88 bits per heavy atom. The van der Waals surface area contributed by atoms with Gasteiger partial charge in [-0.1, -0.05) is 56.3 Å². The summed E-state index contributed by atoms with van der Waals surface area (Å²) in [6.45, 7) is 4.51. The minimum Gasteiger partial charge on any atom is -0.497 e. The van der Waals surface area contributed by atoms with Crippen molar-refractivity contribution in [3.63, 3.8) is 0 Å². The van der Waals surface area contributed by atoms with Crippen LogP contribution in [0.4, 0.5) is 0 Å². The van der Waals surface area contributed by atoms with Gasteiger partial charge in [0.05, 0.1) is 18.5 Å². The number of benzene rings is 2. The van der Waals surface area contributed by atoms with Gasteiger partial charge in [0.15, 0.2) is 0 Å².